The van der Waals surface area contributed by atoms with Gasteiger partial charge in [0, 0.05) is 22.8 Å². The first-order chi connectivity index (χ1) is 15.1. The van der Waals surface area contributed by atoms with Crippen LogP contribution in [0.25, 0.3) is 0 Å². The van der Waals surface area contributed by atoms with E-state index in [1.54, 1.807) is 34.4 Å². The lowest BCUT2D eigenvalue weighted by Crippen LogP contribution is -2.47. The summed E-state index contributed by atoms with van der Waals surface area (Å²) in [4.78, 5) is 31.8. The summed E-state index contributed by atoms with van der Waals surface area (Å²) in [7, 11) is 0. The smallest absolute Gasteiger partial charge is 0.243 e. The minimum absolute atomic E-state index is 0.00655. The van der Waals surface area contributed by atoms with Crippen molar-refractivity contribution < 1.29 is 14.0 Å². The summed E-state index contributed by atoms with van der Waals surface area (Å²) in [6, 6.07) is 11.9. The van der Waals surface area contributed by atoms with Crippen molar-refractivity contribution in [3.63, 3.8) is 0 Å². The van der Waals surface area contributed by atoms with Gasteiger partial charge in [-0.2, -0.15) is 0 Å². The Morgan fingerprint density at radius 2 is 1.97 bits per heavy atom. The summed E-state index contributed by atoms with van der Waals surface area (Å²) in [5, 5.41) is 3.97. The zero-order valence-corrected chi connectivity index (χ0v) is 18.6. The highest BCUT2D eigenvalue weighted by Gasteiger charge is 2.33. The summed E-state index contributed by atoms with van der Waals surface area (Å²) in [5.74, 6) is -0.519. The number of fused-ring (bicyclic) bond motifs is 1. The van der Waals surface area contributed by atoms with Crippen LogP contribution in [0.4, 0.5) is 4.39 Å². The van der Waals surface area contributed by atoms with Crippen LogP contribution >= 0.6 is 22.7 Å². The van der Waals surface area contributed by atoms with Crippen LogP contribution in [0, 0.1) is 5.82 Å². The molecule has 7 heteroatoms. The van der Waals surface area contributed by atoms with Crippen molar-refractivity contribution in [3.05, 3.63) is 92.6 Å². The van der Waals surface area contributed by atoms with Gasteiger partial charge in [0.25, 0.3) is 0 Å². The number of carbonyl (C=O) groups excluding carboxylic acids is 2. The molecular formula is C24H23FN2O2S2. The zero-order chi connectivity index (χ0) is 21.8. The van der Waals surface area contributed by atoms with Crippen LogP contribution in [0.2, 0.25) is 0 Å². The lowest BCUT2D eigenvalue weighted by atomic mass is 9.93. The fourth-order valence-corrected chi connectivity index (χ4v) is 5.53. The van der Waals surface area contributed by atoms with Gasteiger partial charge < -0.3 is 9.80 Å². The quantitative estimate of drug-likeness (QED) is 0.487. The van der Waals surface area contributed by atoms with Gasteiger partial charge in [-0.1, -0.05) is 24.3 Å². The molecule has 4 nitrogen and oxygen atoms in total. The summed E-state index contributed by atoms with van der Waals surface area (Å²) in [5.41, 5.74) is 1.95. The van der Waals surface area contributed by atoms with Crippen LogP contribution in [-0.4, -0.2) is 41.2 Å². The molecule has 0 saturated carbocycles. The summed E-state index contributed by atoms with van der Waals surface area (Å²) < 4.78 is 13.5. The molecule has 2 amide bonds. The Labute approximate surface area is 189 Å². The van der Waals surface area contributed by atoms with Crippen LogP contribution in [0.3, 0.4) is 0 Å². The highest BCUT2D eigenvalue weighted by Crippen LogP contribution is 2.37. The van der Waals surface area contributed by atoms with Crippen molar-refractivity contribution in [2.75, 3.05) is 19.6 Å². The molecule has 160 valence electrons. The topological polar surface area (TPSA) is 40.6 Å². The van der Waals surface area contributed by atoms with E-state index in [1.165, 1.54) is 28.3 Å². The number of rotatable bonds is 7. The Kier molecular flexibility index (Phi) is 6.63. The molecular weight excluding hydrogens is 431 g/mol. The number of amides is 2. The van der Waals surface area contributed by atoms with E-state index in [-0.39, 0.29) is 36.6 Å². The van der Waals surface area contributed by atoms with E-state index in [0.717, 1.165) is 22.4 Å². The van der Waals surface area contributed by atoms with E-state index in [9.17, 15) is 14.0 Å². The van der Waals surface area contributed by atoms with Crippen LogP contribution in [0.5, 0.6) is 0 Å². The molecule has 1 aliphatic rings. The Morgan fingerprint density at radius 3 is 2.68 bits per heavy atom. The first kappa shape index (κ1) is 21.5. The first-order valence-corrected chi connectivity index (χ1v) is 11.8. The third-order valence-corrected chi connectivity index (χ3v) is 7.28. The number of hydrogen-bond donors (Lipinski definition) is 0. The second-order valence-electron chi connectivity index (χ2n) is 7.41. The third kappa shape index (κ3) is 4.78. The number of thiophene rings is 2. The molecule has 1 aliphatic heterocycles. The van der Waals surface area contributed by atoms with Gasteiger partial charge in [0.2, 0.25) is 11.8 Å². The summed E-state index contributed by atoms with van der Waals surface area (Å²) in [6.45, 7) is 4.62. The number of carbonyl (C=O) groups is 2. The molecule has 3 aromatic rings. The Morgan fingerprint density at radius 1 is 1.16 bits per heavy atom. The van der Waals surface area contributed by atoms with Gasteiger partial charge in [-0.25, -0.2) is 4.39 Å². The molecule has 0 N–H and O–H groups in total. The van der Waals surface area contributed by atoms with E-state index in [2.05, 4.69) is 6.58 Å². The molecule has 1 aromatic carbocycles. The molecule has 4 rings (SSSR count). The first-order valence-electron chi connectivity index (χ1n) is 10.1. The number of benzene rings is 1. The summed E-state index contributed by atoms with van der Waals surface area (Å²) >= 11 is 3.21. The molecule has 0 saturated heterocycles. The molecule has 0 radical (unpaired) electrons. The fraction of sp³-hybridized carbons (Fsp3) is 0.250. The van der Waals surface area contributed by atoms with E-state index in [0.29, 0.717) is 13.1 Å². The van der Waals surface area contributed by atoms with Crippen molar-refractivity contribution in [3.8, 4) is 0 Å². The SMILES string of the molecule is C=CCN(CC(=O)N1CCc2sccc2C1c1ccc(F)cc1)C(=O)Cc1cccs1. The second-order valence-corrected chi connectivity index (χ2v) is 9.44. The largest absolute Gasteiger partial charge is 0.330 e. The maximum atomic E-state index is 13.5. The maximum Gasteiger partial charge on any atom is 0.243 e. The zero-order valence-electron chi connectivity index (χ0n) is 17.0. The lowest BCUT2D eigenvalue weighted by molar-refractivity contribution is -0.141. The van der Waals surface area contributed by atoms with Gasteiger partial charge in [-0.3, -0.25) is 9.59 Å². The van der Waals surface area contributed by atoms with Gasteiger partial charge >= 0.3 is 0 Å². The van der Waals surface area contributed by atoms with Crippen LogP contribution in [-0.2, 0) is 22.4 Å². The molecule has 0 spiro atoms. The standard InChI is InChI=1S/C24H23FN2O2S2/c1-2-11-26(22(28)15-19-4-3-13-30-19)16-23(29)27-12-9-21-20(10-14-31-21)24(27)17-5-7-18(25)8-6-17/h2-8,10,13-14,24H,1,9,11-12,15-16H2. The molecule has 1 unspecified atom stereocenters. The molecule has 0 bridgehead atoms. The highest BCUT2D eigenvalue weighted by atomic mass is 32.1. The third-order valence-electron chi connectivity index (χ3n) is 5.41. The highest BCUT2D eigenvalue weighted by molar-refractivity contribution is 7.10. The van der Waals surface area contributed by atoms with E-state index >= 15 is 0 Å². The van der Waals surface area contributed by atoms with Crippen LogP contribution < -0.4 is 0 Å². The summed E-state index contributed by atoms with van der Waals surface area (Å²) in [6.07, 6.45) is 2.69. The number of halogens is 1. The number of hydrogen-bond acceptors (Lipinski definition) is 4. The minimum Gasteiger partial charge on any atom is -0.330 e. The van der Waals surface area contributed by atoms with Gasteiger partial charge in [0.1, 0.15) is 12.4 Å². The maximum absolute atomic E-state index is 13.5. The Bertz CT molecular complexity index is 1060. The molecule has 1 atom stereocenters. The van der Waals surface area contributed by atoms with Crippen molar-refractivity contribution in [1.82, 2.24) is 9.80 Å². The van der Waals surface area contributed by atoms with E-state index in [1.807, 2.05) is 33.9 Å². The average molecular weight is 455 g/mol. The van der Waals surface area contributed by atoms with Gasteiger partial charge in [-0.05, 0) is 52.6 Å². The average Bonchev–Trinajstić information content (AvgIpc) is 3.45. The molecule has 2 aromatic heterocycles. The van der Waals surface area contributed by atoms with E-state index < -0.39 is 0 Å². The van der Waals surface area contributed by atoms with Gasteiger partial charge in [0.15, 0.2) is 0 Å². The van der Waals surface area contributed by atoms with Gasteiger partial charge in [0.05, 0.1) is 12.5 Å². The van der Waals surface area contributed by atoms with Crippen molar-refractivity contribution in [2.24, 2.45) is 0 Å². The fourth-order valence-electron chi connectivity index (χ4n) is 3.93. The van der Waals surface area contributed by atoms with Gasteiger partial charge in [-0.15, -0.1) is 29.3 Å². The normalized spacial score (nSPS) is 15.4. The van der Waals surface area contributed by atoms with Crippen molar-refractivity contribution in [2.45, 2.75) is 18.9 Å². The van der Waals surface area contributed by atoms with E-state index in [4.69, 9.17) is 0 Å². The second kappa shape index (κ2) is 9.58. The van der Waals surface area contributed by atoms with Crippen LogP contribution in [0.15, 0.2) is 65.9 Å². The molecule has 0 fully saturated rings. The molecule has 3 heterocycles. The lowest BCUT2D eigenvalue weighted by Gasteiger charge is -2.37. The minimum atomic E-state index is -0.306. The molecule has 31 heavy (non-hydrogen) atoms. The predicted molar refractivity (Wildman–Crippen MR) is 123 cm³/mol. The molecule has 0 aliphatic carbocycles. The van der Waals surface area contributed by atoms with Crippen LogP contribution in [0.1, 0.15) is 26.9 Å². The predicted octanol–water partition coefficient (Wildman–Crippen LogP) is 4.68. The Hall–Kier alpha value is -2.77. The monoisotopic (exact) mass is 454 g/mol. The van der Waals surface area contributed by atoms with Crippen molar-refractivity contribution >= 4 is 34.5 Å². The van der Waals surface area contributed by atoms with Crippen molar-refractivity contribution in [1.29, 1.82) is 0 Å². The Balaban J connectivity index is 1.56. The number of nitrogens with zero attached hydrogens (tertiary/aromatic N) is 2.